The third-order valence-corrected chi connectivity index (χ3v) is 7.41. The molecule has 0 aromatic heterocycles. The monoisotopic (exact) mass is 565 g/mol. The molecule has 0 radical (unpaired) electrons. The Kier molecular flexibility index (Phi) is 9.16. The van der Waals surface area contributed by atoms with Gasteiger partial charge in [-0.25, -0.2) is 9.18 Å². The molecule has 3 atom stereocenters. The van der Waals surface area contributed by atoms with Crippen LogP contribution in [0.4, 0.5) is 10.1 Å². The number of para-hydroxylation sites is 1. The highest BCUT2D eigenvalue weighted by Crippen LogP contribution is 2.27. The van der Waals surface area contributed by atoms with Gasteiger partial charge in [0.25, 0.3) is 0 Å². The predicted molar refractivity (Wildman–Crippen MR) is 160 cm³/mol. The second-order valence-electron chi connectivity index (χ2n) is 10.3. The SMILES string of the molecule is O=C(O)[C@H](N=C(c1ccccc1)c1ccccc1NC(=O)[C@@H]1CCCN1Cc1ccccc1)[C@@H](O)c1ccc(F)cc1. The number of aliphatic hydroxyl groups is 1. The average molecular weight is 566 g/mol. The molecule has 8 heteroatoms. The summed E-state index contributed by atoms with van der Waals surface area (Å²) >= 11 is 0. The number of carboxylic acid groups (broad SMARTS) is 1. The topological polar surface area (TPSA) is 102 Å². The first-order valence-electron chi connectivity index (χ1n) is 13.9. The standard InChI is InChI=1S/C34H32FN3O4/c35-26-19-17-25(18-20-26)32(39)31(34(41)42)37-30(24-12-5-2-6-13-24)27-14-7-8-15-28(27)36-33(40)29-16-9-21-38(29)22-23-10-3-1-4-11-23/h1-8,10-15,17-20,29,31-32,39H,9,16,21-22H2,(H,36,40)(H,41,42)/t29-,31+,32-/m0/s1. The minimum Gasteiger partial charge on any atom is -0.480 e. The lowest BCUT2D eigenvalue weighted by Gasteiger charge is -2.24. The number of benzene rings is 4. The molecule has 3 N–H and O–H groups in total. The summed E-state index contributed by atoms with van der Waals surface area (Å²) in [5.41, 5.74) is 3.27. The Hall–Kier alpha value is -4.66. The second kappa shape index (κ2) is 13.3. The van der Waals surface area contributed by atoms with Gasteiger partial charge < -0.3 is 15.5 Å². The van der Waals surface area contributed by atoms with Crippen molar-refractivity contribution in [2.45, 2.75) is 37.6 Å². The highest BCUT2D eigenvalue weighted by Gasteiger charge is 2.32. The molecule has 7 nitrogen and oxygen atoms in total. The summed E-state index contributed by atoms with van der Waals surface area (Å²) in [6.07, 6.45) is 0.101. The maximum Gasteiger partial charge on any atom is 0.331 e. The van der Waals surface area contributed by atoms with Crippen LogP contribution in [-0.4, -0.2) is 51.3 Å². The molecule has 1 amide bonds. The molecule has 1 fully saturated rings. The van der Waals surface area contributed by atoms with Gasteiger partial charge in [-0.2, -0.15) is 0 Å². The minimum absolute atomic E-state index is 0.149. The third-order valence-electron chi connectivity index (χ3n) is 7.41. The fourth-order valence-electron chi connectivity index (χ4n) is 5.28. The van der Waals surface area contributed by atoms with Crippen molar-refractivity contribution < 1.29 is 24.2 Å². The number of aliphatic carboxylic acids is 1. The van der Waals surface area contributed by atoms with Gasteiger partial charge in [0.2, 0.25) is 5.91 Å². The van der Waals surface area contributed by atoms with Crippen LogP contribution in [0.1, 0.15) is 41.2 Å². The Bertz CT molecular complexity index is 1540. The Morgan fingerprint density at radius 3 is 2.24 bits per heavy atom. The van der Waals surface area contributed by atoms with Crippen LogP contribution < -0.4 is 5.32 Å². The van der Waals surface area contributed by atoms with E-state index in [0.717, 1.165) is 37.1 Å². The largest absolute Gasteiger partial charge is 0.480 e. The maximum atomic E-state index is 13.6. The van der Waals surface area contributed by atoms with Gasteiger partial charge in [-0.15, -0.1) is 0 Å². The molecule has 0 saturated carbocycles. The molecule has 42 heavy (non-hydrogen) atoms. The predicted octanol–water partition coefficient (Wildman–Crippen LogP) is 5.45. The van der Waals surface area contributed by atoms with Crippen LogP contribution in [0.3, 0.4) is 0 Å². The summed E-state index contributed by atoms with van der Waals surface area (Å²) in [6, 6.07) is 29.2. The zero-order chi connectivity index (χ0) is 29.5. The number of hydrogen-bond acceptors (Lipinski definition) is 5. The van der Waals surface area contributed by atoms with E-state index in [1.165, 1.54) is 12.1 Å². The maximum absolute atomic E-state index is 13.6. The molecule has 0 bridgehead atoms. The van der Waals surface area contributed by atoms with Gasteiger partial charge in [0.15, 0.2) is 6.04 Å². The fraction of sp³-hybridized carbons (Fsp3) is 0.206. The van der Waals surface area contributed by atoms with Crippen molar-refractivity contribution in [1.29, 1.82) is 0 Å². The zero-order valence-electron chi connectivity index (χ0n) is 22.9. The van der Waals surface area contributed by atoms with E-state index in [4.69, 9.17) is 0 Å². The molecule has 4 aromatic carbocycles. The number of halogens is 1. The number of carbonyl (C=O) groups is 2. The Balaban J connectivity index is 1.48. The summed E-state index contributed by atoms with van der Waals surface area (Å²) in [5, 5.41) is 24.2. The van der Waals surface area contributed by atoms with E-state index in [0.29, 0.717) is 29.1 Å². The van der Waals surface area contributed by atoms with E-state index in [-0.39, 0.29) is 17.5 Å². The summed E-state index contributed by atoms with van der Waals surface area (Å²) < 4.78 is 13.5. The number of hydrogen-bond donors (Lipinski definition) is 3. The van der Waals surface area contributed by atoms with Crippen molar-refractivity contribution in [3.05, 3.63) is 137 Å². The van der Waals surface area contributed by atoms with E-state index in [2.05, 4.69) is 15.2 Å². The quantitative estimate of drug-likeness (QED) is 0.222. The molecular formula is C34H32FN3O4. The van der Waals surface area contributed by atoms with E-state index >= 15 is 0 Å². The van der Waals surface area contributed by atoms with Crippen LogP contribution in [0.15, 0.2) is 114 Å². The van der Waals surface area contributed by atoms with Gasteiger partial charge >= 0.3 is 5.97 Å². The number of amides is 1. The Labute approximate surface area is 244 Å². The molecule has 214 valence electrons. The molecule has 4 aromatic rings. The van der Waals surface area contributed by atoms with Gasteiger partial charge in [0.05, 0.1) is 17.4 Å². The molecule has 0 spiro atoms. The van der Waals surface area contributed by atoms with Crippen LogP contribution in [0.5, 0.6) is 0 Å². The number of carbonyl (C=O) groups excluding carboxylic acids is 1. The van der Waals surface area contributed by atoms with Crippen molar-refractivity contribution in [3.8, 4) is 0 Å². The van der Waals surface area contributed by atoms with Crippen LogP contribution in [-0.2, 0) is 16.1 Å². The van der Waals surface area contributed by atoms with Crippen LogP contribution >= 0.6 is 0 Å². The molecule has 1 saturated heterocycles. The van der Waals surface area contributed by atoms with Crippen molar-refractivity contribution in [1.82, 2.24) is 4.90 Å². The number of nitrogens with zero attached hydrogens (tertiary/aromatic N) is 2. The first kappa shape index (κ1) is 28.9. The van der Waals surface area contributed by atoms with Crippen LogP contribution in [0.25, 0.3) is 0 Å². The van der Waals surface area contributed by atoms with Crippen molar-refractivity contribution in [2.24, 2.45) is 4.99 Å². The second-order valence-corrected chi connectivity index (χ2v) is 10.3. The van der Waals surface area contributed by atoms with E-state index < -0.39 is 23.9 Å². The number of rotatable bonds is 10. The van der Waals surface area contributed by atoms with Crippen LogP contribution in [0, 0.1) is 5.82 Å². The molecular weight excluding hydrogens is 533 g/mol. The first-order chi connectivity index (χ1) is 20.4. The zero-order valence-corrected chi connectivity index (χ0v) is 22.9. The van der Waals surface area contributed by atoms with Crippen molar-refractivity contribution in [3.63, 3.8) is 0 Å². The smallest absolute Gasteiger partial charge is 0.331 e. The Morgan fingerprint density at radius 2 is 1.55 bits per heavy atom. The van der Waals surface area contributed by atoms with Crippen molar-refractivity contribution in [2.75, 3.05) is 11.9 Å². The average Bonchev–Trinajstić information content (AvgIpc) is 3.47. The number of nitrogens with one attached hydrogen (secondary N) is 1. The Morgan fingerprint density at radius 1 is 0.905 bits per heavy atom. The molecule has 0 aliphatic carbocycles. The summed E-state index contributed by atoms with van der Waals surface area (Å²) in [7, 11) is 0. The first-order valence-corrected chi connectivity index (χ1v) is 13.9. The summed E-state index contributed by atoms with van der Waals surface area (Å²) in [4.78, 5) is 32.7. The molecule has 1 heterocycles. The lowest BCUT2D eigenvalue weighted by molar-refractivity contribution is -0.141. The lowest BCUT2D eigenvalue weighted by Crippen LogP contribution is -2.39. The molecule has 1 aliphatic heterocycles. The highest BCUT2D eigenvalue weighted by atomic mass is 19.1. The van der Waals surface area contributed by atoms with Crippen molar-refractivity contribution >= 4 is 23.3 Å². The van der Waals surface area contributed by atoms with Gasteiger partial charge in [-0.05, 0) is 48.7 Å². The number of aliphatic imine (C=N–C) groups is 1. The fourth-order valence-corrected chi connectivity index (χ4v) is 5.28. The molecule has 0 unspecified atom stereocenters. The number of aliphatic hydroxyl groups excluding tert-OH is 1. The minimum atomic E-state index is -1.59. The molecule has 1 aliphatic rings. The van der Waals surface area contributed by atoms with Gasteiger partial charge in [0.1, 0.15) is 11.9 Å². The van der Waals surface area contributed by atoms with E-state index in [1.54, 1.807) is 48.5 Å². The third kappa shape index (κ3) is 6.79. The summed E-state index contributed by atoms with van der Waals surface area (Å²) in [5.74, 6) is -1.99. The van der Waals surface area contributed by atoms with Gasteiger partial charge in [-0.3, -0.25) is 14.7 Å². The number of anilines is 1. The number of carboxylic acids is 1. The molecule has 5 rings (SSSR count). The van der Waals surface area contributed by atoms with Crippen LogP contribution in [0.2, 0.25) is 0 Å². The lowest BCUT2D eigenvalue weighted by atomic mass is 9.98. The summed E-state index contributed by atoms with van der Waals surface area (Å²) in [6.45, 7) is 1.48. The number of likely N-dealkylation sites (tertiary alicyclic amines) is 1. The van der Waals surface area contributed by atoms with Gasteiger partial charge in [0, 0.05) is 17.7 Å². The highest BCUT2D eigenvalue weighted by molar-refractivity contribution is 6.17. The van der Waals surface area contributed by atoms with E-state index in [9.17, 15) is 24.2 Å². The van der Waals surface area contributed by atoms with E-state index in [1.807, 2.05) is 36.4 Å². The normalized spacial score (nSPS) is 17.0. The van der Waals surface area contributed by atoms with Gasteiger partial charge in [-0.1, -0.05) is 91.0 Å².